The third-order valence-electron chi connectivity index (χ3n) is 2.30. The van der Waals surface area contributed by atoms with Crippen LogP contribution in [0.5, 0.6) is 0 Å². The van der Waals surface area contributed by atoms with Gasteiger partial charge < -0.3 is 19.9 Å². The first kappa shape index (κ1) is 16.4. The van der Waals surface area contributed by atoms with Gasteiger partial charge in [-0.1, -0.05) is 6.92 Å². The van der Waals surface area contributed by atoms with Crippen LogP contribution in [0.4, 0.5) is 0 Å². The van der Waals surface area contributed by atoms with Gasteiger partial charge in [0.1, 0.15) is 6.04 Å². The molecule has 5 nitrogen and oxygen atoms in total. The second-order valence-corrected chi connectivity index (χ2v) is 3.97. The first-order chi connectivity index (χ1) is 8.11. The lowest BCUT2D eigenvalue weighted by molar-refractivity contribution is -0.140. The van der Waals surface area contributed by atoms with Crippen LogP contribution in [0.1, 0.15) is 33.6 Å². The maximum Gasteiger partial charge on any atom is 0.320 e. The molecule has 0 aliphatic carbocycles. The standard InChI is InChI=1S/C12H25NO4/c1-4-7-13-11(12(14)15)6-8-17-10(3)9-16-5-2/h10-11,13H,4-9H2,1-3H3,(H,14,15). The third kappa shape index (κ3) is 9.09. The van der Waals surface area contributed by atoms with E-state index in [2.05, 4.69) is 5.32 Å². The first-order valence-electron chi connectivity index (χ1n) is 6.27. The summed E-state index contributed by atoms with van der Waals surface area (Å²) >= 11 is 0. The molecule has 102 valence electrons. The zero-order chi connectivity index (χ0) is 13.1. The summed E-state index contributed by atoms with van der Waals surface area (Å²) in [5.41, 5.74) is 0. The molecule has 17 heavy (non-hydrogen) atoms. The number of carbonyl (C=O) groups is 1. The van der Waals surface area contributed by atoms with Crippen molar-refractivity contribution in [3.05, 3.63) is 0 Å². The molecule has 2 unspecified atom stereocenters. The van der Waals surface area contributed by atoms with Gasteiger partial charge in [-0.05, 0) is 33.2 Å². The number of ether oxygens (including phenoxy) is 2. The third-order valence-corrected chi connectivity index (χ3v) is 2.30. The van der Waals surface area contributed by atoms with Crippen LogP contribution in [0.15, 0.2) is 0 Å². The summed E-state index contributed by atoms with van der Waals surface area (Å²) in [5.74, 6) is -0.820. The molecule has 0 heterocycles. The largest absolute Gasteiger partial charge is 0.480 e. The van der Waals surface area contributed by atoms with E-state index in [-0.39, 0.29) is 6.10 Å². The summed E-state index contributed by atoms with van der Waals surface area (Å²) in [6.45, 7) is 8.23. The minimum atomic E-state index is -0.820. The molecule has 0 aromatic rings. The van der Waals surface area contributed by atoms with Gasteiger partial charge in [0.2, 0.25) is 0 Å². The lowest BCUT2D eigenvalue weighted by atomic mass is 10.2. The summed E-state index contributed by atoms with van der Waals surface area (Å²) < 4.78 is 10.7. The van der Waals surface area contributed by atoms with Crippen LogP contribution in [0, 0.1) is 0 Å². The van der Waals surface area contributed by atoms with E-state index in [9.17, 15) is 4.79 Å². The van der Waals surface area contributed by atoms with Gasteiger partial charge in [-0.3, -0.25) is 4.79 Å². The number of hydrogen-bond donors (Lipinski definition) is 2. The van der Waals surface area contributed by atoms with Crippen molar-refractivity contribution in [3.8, 4) is 0 Å². The maximum atomic E-state index is 10.9. The quantitative estimate of drug-likeness (QED) is 0.575. The van der Waals surface area contributed by atoms with E-state index in [1.165, 1.54) is 0 Å². The maximum absolute atomic E-state index is 10.9. The van der Waals surface area contributed by atoms with Gasteiger partial charge in [0.15, 0.2) is 0 Å². The minimum Gasteiger partial charge on any atom is -0.480 e. The first-order valence-corrected chi connectivity index (χ1v) is 6.27. The zero-order valence-electron chi connectivity index (χ0n) is 11.1. The van der Waals surface area contributed by atoms with Gasteiger partial charge in [0.25, 0.3) is 0 Å². The monoisotopic (exact) mass is 247 g/mol. The van der Waals surface area contributed by atoms with E-state index in [1.54, 1.807) is 0 Å². The van der Waals surface area contributed by atoms with Crippen molar-refractivity contribution in [2.24, 2.45) is 0 Å². The molecule has 0 aromatic heterocycles. The van der Waals surface area contributed by atoms with Crippen LogP contribution in [0.3, 0.4) is 0 Å². The highest BCUT2D eigenvalue weighted by atomic mass is 16.5. The van der Waals surface area contributed by atoms with Crippen LogP contribution in [-0.4, -0.2) is 49.6 Å². The van der Waals surface area contributed by atoms with E-state index in [0.717, 1.165) is 6.42 Å². The molecule has 2 N–H and O–H groups in total. The summed E-state index contributed by atoms with van der Waals surface area (Å²) in [6.07, 6.45) is 1.41. The number of hydrogen-bond acceptors (Lipinski definition) is 4. The number of nitrogens with one attached hydrogen (secondary N) is 1. The van der Waals surface area contributed by atoms with Crippen molar-refractivity contribution in [1.82, 2.24) is 5.32 Å². The van der Waals surface area contributed by atoms with Crippen molar-refractivity contribution in [1.29, 1.82) is 0 Å². The van der Waals surface area contributed by atoms with Gasteiger partial charge in [0, 0.05) is 13.2 Å². The average molecular weight is 247 g/mol. The Morgan fingerprint density at radius 3 is 2.65 bits per heavy atom. The van der Waals surface area contributed by atoms with E-state index in [1.807, 2.05) is 20.8 Å². The number of aliphatic carboxylic acids is 1. The molecular weight excluding hydrogens is 222 g/mol. The van der Waals surface area contributed by atoms with Crippen LogP contribution >= 0.6 is 0 Å². The van der Waals surface area contributed by atoms with Gasteiger partial charge in [0.05, 0.1) is 12.7 Å². The molecule has 0 spiro atoms. The fourth-order valence-electron chi connectivity index (χ4n) is 1.35. The second-order valence-electron chi connectivity index (χ2n) is 3.97. The Kier molecular flexibility index (Phi) is 10.1. The molecule has 0 aromatic carbocycles. The average Bonchev–Trinajstić information content (AvgIpc) is 2.30. The lowest BCUT2D eigenvalue weighted by Crippen LogP contribution is -2.38. The number of rotatable bonds is 11. The zero-order valence-corrected chi connectivity index (χ0v) is 11.1. The Morgan fingerprint density at radius 2 is 2.12 bits per heavy atom. The fourth-order valence-corrected chi connectivity index (χ4v) is 1.35. The van der Waals surface area contributed by atoms with Crippen molar-refractivity contribution in [2.45, 2.75) is 45.8 Å². The SMILES string of the molecule is CCCNC(CCOC(C)COCC)C(=O)O. The summed E-state index contributed by atoms with van der Waals surface area (Å²) in [6, 6.07) is -0.519. The molecule has 0 aliphatic heterocycles. The summed E-state index contributed by atoms with van der Waals surface area (Å²) in [7, 11) is 0. The number of carboxylic acid groups (broad SMARTS) is 1. The molecule has 0 saturated carbocycles. The molecule has 0 aliphatic rings. The topological polar surface area (TPSA) is 67.8 Å². The molecule has 0 radical (unpaired) electrons. The van der Waals surface area contributed by atoms with Gasteiger partial charge in [-0.2, -0.15) is 0 Å². The molecule has 2 atom stereocenters. The Balaban J connectivity index is 3.69. The van der Waals surface area contributed by atoms with E-state index < -0.39 is 12.0 Å². The summed E-state index contributed by atoms with van der Waals surface area (Å²) in [4.78, 5) is 10.9. The molecule has 0 fully saturated rings. The highest BCUT2D eigenvalue weighted by Gasteiger charge is 2.16. The second kappa shape index (κ2) is 10.5. The molecule has 0 bridgehead atoms. The van der Waals surface area contributed by atoms with Crippen LogP contribution in [-0.2, 0) is 14.3 Å². The van der Waals surface area contributed by atoms with Crippen LogP contribution < -0.4 is 5.32 Å². The molecule has 0 rings (SSSR count). The van der Waals surface area contributed by atoms with Gasteiger partial charge in [-0.25, -0.2) is 0 Å². The Hall–Kier alpha value is -0.650. The highest BCUT2D eigenvalue weighted by Crippen LogP contribution is 1.98. The smallest absolute Gasteiger partial charge is 0.320 e. The predicted molar refractivity (Wildman–Crippen MR) is 66.2 cm³/mol. The Bertz CT molecular complexity index is 199. The Labute approximate surface area is 103 Å². The van der Waals surface area contributed by atoms with Gasteiger partial charge in [-0.15, -0.1) is 0 Å². The van der Waals surface area contributed by atoms with Crippen molar-refractivity contribution < 1.29 is 19.4 Å². The van der Waals surface area contributed by atoms with Crippen LogP contribution in [0.2, 0.25) is 0 Å². The van der Waals surface area contributed by atoms with Crippen molar-refractivity contribution in [3.63, 3.8) is 0 Å². The Morgan fingerprint density at radius 1 is 1.41 bits per heavy atom. The van der Waals surface area contributed by atoms with Crippen molar-refractivity contribution in [2.75, 3.05) is 26.4 Å². The highest BCUT2D eigenvalue weighted by molar-refractivity contribution is 5.73. The van der Waals surface area contributed by atoms with E-state index in [4.69, 9.17) is 14.6 Å². The summed E-state index contributed by atoms with van der Waals surface area (Å²) in [5, 5.41) is 11.9. The fraction of sp³-hybridized carbons (Fsp3) is 0.917. The molecule has 0 amide bonds. The van der Waals surface area contributed by atoms with Crippen molar-refractivity contribution >= 4 is 5.97 Å². The molecule has 0 saturated heterocycles. The molecular formula is C12H25NO4. The molecule has 5 heteroatoms. The van der Waals surface area contributed by atoms with Crippen LogP contribution in [0.25, 0.3) is 0 Å². The predicted octanol–water partition coefficient (Wildman–Crippen LogP) is 1.27. The van der Waals surface area contributed by atoms with E-state index in [0.29, 0.717) is 32.8 Å². The van der Waals surface area contributed by atoms with E-state index >= 15 is 0 Å². The normalized spacial score (nSPS) is 14.5. The lowest BCUT2D eigenvalue weighted by Gasteiger charge is -2.16. The van der Waals surface area contributed by atoms with Gasteiger partial charge >= 0.3 is 5.97 Å². The number of carboxylic acids is 1. The minimum absolute atomic E-state index is 0.00979.